The molecule has 2 N–H and O–H groups in total. The molecule has 0 spiro atoms. The maximum atomic E-state index is 11.5. The van der Waals surface area contributed by atoms with Gasteiger partial charge >= 0.3 is 0 Å². The largest absolute Gasteiger partial charge is 0.389 e. The molecule has 2 aliphatic heterocycles. The van der Waals surface area contributed by atoms with Crippen molar-refractivity contribution >= 4 is 9.84 Å². The van der Waals surface area contributed by atoms with Gasteiger partial charge in [0.2, 0.25) is 0 Å². The maximum Gasteiger partial charge on any atom is 0.175 e. The number of benzene rings is 1. The van der Waals surface area contributed by atoms with Crippen LogP contribution in [-0.2, 0) is 25.9 Å². The van der Waals surface area contributed by atoms with Crippen LogP contribution in [0.3, 0.4) is 0 Å². The van der Waals surface area contributed by atoms with Crippen LogP contribution in [0.5, 0.6) is 0 Å². The second-order valence-corrected chi connectivity index (χ2v) is 9.53. The molecule has 152 valence electrons. The zero-order valence-electron chi connectivity index (χ0n) is 16.0. The van der Waals surface area contributed by atoms with E-state index in [0.29, 0.717) is 30.7 Å². The summed E-state index contributed by atoms with van der Waals surface area (Å²) in [6, 6.07) is 7.09. The van der Waals surface area contributed by atoms with Crippen molar-refractivity contribution in [3.05, 3.63) is 29.8 Å². The van der Waals surface area contributed by atoms with E-state index < -0.39 is 15.9 Å². The highest BCUT2D eigenvalue weighted by atomic mass is 32.2. The standard InChI is InChI=1S/C19H30N2O5S/c1-25-12-15-4-3-9-21(15)11-18-19(22)17(13-26-18)20-10-14-5-7-16(8-6-14)27(2,23)24/h5-8,15,17-20,22H,3-4,9-13H2,1-2H3/t15-,17+,18+,19-/m1/s1. The zero-order chi connectivity index (χ0) is 19.4. The maximum absolute atomic E-state index is 11.5. The second-order valence-electron chi connectivity index (χ2n) is 7.51. The molecule has 0 radical (unpaired) electrons. The number of nitrogens with zero attached hydrogens (tertiary/aromatic N) is 1. The topological polar surface area (TPSA) is 88.1 Å². The lowest BCUT2D eigenvalue weighted by molar-refractivity contribution is 0.00450. The van der Waals surface area contributed by atoms with Crippen molar-refractivity contribution in [1.29, 1.82) is 0 Å². The van der Waals surface area contributed by atoms with Crippen LogP contribution in [-0.4, -0.2) is 82.4 Å². The number of likely N-dealkylation sites (tertiary alicyclic amines) is 1. The van der Waals surface area contributed by atoms with Crippen LogP contribution >= 0.6 is 0 Å². The number of aliphatic hydroxyl groups excluding tert-OH is 1. The van der Waals surface area contributed by atoms with Gasteiger partial charge in [0, 0.05) is 32.5 Å². The van der Waals surface area contributed by atoms with Gasteiger partial charge in [0.05, 0.1) is 36.4 Å². The van der Waals surface area contributed by atoms with Crippen LogP contribution < -0.4 is 5.32 Å². The Balaban J connectivity index is 1.49. The van der Waals surface area contributed by atoms with Crippen LogP contribution in [0.2, 0.25) is 0 Å². The molecule has 0 aliphatic carbocycles. The highest BCUT2D eigenvalue weighted by Gasteiger charge is 2.38. The first-order valence-corrected chi connectivity index (χ1v) is 11.3. The van der Waals surface area contributed by atoms with Crippen molar-refractivity contribution in [2.75, 3.05) is 39.7 Å². The van der Waals surface area contributed by atoms with Crippen molar-refractivity contribution in [2.45, 2.75) is 48.6 Å². The average Bonchev–Trinajstić information content (AvgIpc) is 3.21. The minimum Gasteiger partial charge on any atom is -0.389 e. The molecule has 8 heteroatoms. The molecule has 3 rings (SSSR count). The molecule has 7 nitrogen and oxygen atoms in total. The van der Waals surface area contributed by atoms with Crippen molar-refractivity contribution in [3.8, 4) is 0 Å². The molecule has 0 bridgehead atoms. The van der Waals surface area contributed by atoms with E-state index in [1.54, 1.807) is 31.4 Å². The van der Waals surface area contributed by atoms with Crippen molar-refractivity contribution in [1.82, 2.24) is 10.2 Å². The fraction of sp³-hybridized carbons (Fsp3) is 0.684. The predicted molar refractivity (Wildman–Crippen MR) is 102 cm³/mol. The van der Waals surface area contributed by atoms with Crippen molar-refractivity contribution < 1.29 is 23.0 Å². The number of sulfone groups is 1. The molecule has 0 unspecified atom stereocenters. The Morgan fingerprint density at radius 3 is 2.74 bits per heavy atom. The van der Waals surface area contributed by atoms with Crippen LogP contribution in [0.4, 0.5) is 0 Å². The number of rotatable bonds is 8. The predicted octanol–water partition coefficient (Wildman–Crippen LogP) is 0.419. The summed E-state index contributed by atoms with van der Waals surface area (Å²) in [6.45, 7) is 3.48. The summed E-state index contributed by atoms with van der Waals surface area (Å²) in [5.74, 6) is 0. The third-order valence-corrected chi connectivity index (χ3v) is 6.60. The molecule has 4 atom stereocenters. The van der Waals surface area contributed by atoms with Gasteiger partial charge in [0.1, 0.15) is 0 Å². The minimum atomic E-state index is -3.18. The SMILES string of the molecule is COC[C@H]1CCCN1C[C@@H]1OC[C@H](NCc2ccc(S(C)(=O)=O)cc2)[C@H]1O. The summed E-state index contributed by atoms with van der Waals surface area (Å²) in [7, 11) is -1.46. The molecule has 0 aromatic heterocycles. The molecule has 1 aromatic rings. The van der Waals surface area contributed by atoms with Crippen LogP contribution in [0.15, 0.2) is 29.2 Å². The van der Waals surface area contributed by atoms with Crippen LogP contribution in [0.25, 0.3) is 0 Å². The lowest BCUT2D eigenvalue weighted by Gasteiger charge is -2.28. The molecule has 2 fully saturated rings. The quantitative estimate of drug-likeness (QED) is 0.656. The molecule has 0 amide bonds. The van der Waals surface area contributed by atoms with Gasteiger partial charge in [0.25, 0.3) is 0 Å². The summed E-state index contributed by atoms with van der Waals surface area (Å²) >= 11 is 0. The molecule has 27 heavy (non-hydrogen) atoms. The molecule has 0 saturated carbocycles. The first kappa shape index (κ1) is 20.7. The minimum absolute atomic E-state index is 0.131. The number of aliphatic hydroxyl groups is 1. The lowest BCUT2D eigenvalue weighted by atomic mass is 10.1. The number of methoxy groups -OCH3 is 1. The molecule has 2 aliphatic rings. The summed E-state index contributed by atoms with van der Waals surface area (Å²) in [5, 5.41) is 14.0. The molecule has 2 heterocycles. The van der Waals surface area contributed by atoms with Crippen LogP contribution in [0, 0.1) is 0 Å². The van der Waals surface area contributed by atoms with E-state index in [1.165, 1.54) is 6.26 Å². The van der Waals surface area contributed by atoms with E-state index in [-0.39, 0.29) is 12.1 Å². The smallest absolute Gasteiger partial charge is 0.175 e. The first-order chi connectivity index (χ1) is 12.9. The summed E-state index contributed by atoms with van der Waals surface area (Å²) < 4.78 is 34.2. The van der Waals surface area contributed by atoms with Gasteiger partial charge in [-0.1, -0.05) is 12.1 Å². The highest BCUT2D eigenvalue weighted by Crippen LogP contribution is 2.22. The highest BCUT2D eigenvalue weighted by molar-refractivity contribution is 7.90. The van der Waals surface area contributed by atoms with Gasteiger partial charge in [-0.15, -0.1) is 0 Å². The third kappa shape index (κ3) is 5.28. The Kier molecular flexibility index (Phi) is 6.88. The second kappa shape index (κ2) is 8.98. The van der Waals surface area contributed by atoms with Gasteiger partial charge in [-0.05, 0) is 37.1 Å². The van der Waals surface area contributed by atoms with Gasteiger partial charge < -0.3 is 19.9 Å². The van der Waals surface area contributed by atoms with Crippen molar-refractivity contribution in [2.24, 2.45) is 0 Å². The summed E-state index contributed by atoms with van der Waals surface area (Å²) in [5.41, 5.74) is 0.970. The van der Waals surface area contributed by atoms with Gasteiger partial charge in [-0.3, -0.25) is 4.90 Å². The fourth-order valence-electron chi connectivity index (χ4n) is 3.88. The molecule has 1 aromatic carbocycles. The van der Waals surface area contributed by atoms with Crippen molar-refractivity contribution in [3.63, 3.8) is 0 Å². The Morgan fingerprint density at radius 2 is 2.07 bits per heavy atom. The monoisotopic (exact) mass is 398 g/mol. The van der Waals surface area contributed by atoms with E-state index in [0.717, 1.165) is 31.5 Å². The fourth-order valence-corrected chi connectivity index (χ4v) is 4.51. The Labute approximate surface area is 161 Å². The lowest BCUT2D eigenvalue weighted by Crippen LogP contribution is -2.46. The zero-order valence-corrected chi connectivity index (χ0v) is 16.8. The van der Waals surface area contributed by atoms with Gasteiger partial charge in [-0.2, -0.15) is 0 Å². The Bertz CT molecular complexity index is 709. The van der Waals surface area contributed by atoms with Gasteiger partial charge in [0.15, 0.2) is 9.84 Å². The van der Waals surface area contributed by atoms with E-state index in [1.807, 2.05) is 0 Å². The summed E-state index contributed by atoms with van der Waals surface area (Å²) in [4.78, 5) is 2.66. The van der Waals surface area contributed by atoms with E-state index in [4.69, 9.17) is 9.47 Å². The van der Waals surface area contributed by atoms with E-state index >= 15 is 0 Å². The number of hydrogen-bond donors (Lipinski definition) is 2. The molecular formula is C19H30N2O5S. The number of nitrogens with one attached hydrogen (secondary N) is 1. The summed E-state index contributed by atoms with van der Waals surface area (Å²) in [6.07, 6.45) is 2.71. The van der Waals surface area contributed by atoms with E-state index in [2.05, 4.69) is 10.2 Å². The number of ether oxygens (including phenoxy) is 2. The number of hydrogen-bond acceptors (Lipinski definition) is 7. The normalized spacial score (nSPS) is 29.4. The first-order valence-electron chi connectivity index (χ1n) is 9.43. The Morgan fingerprint density at radius 1 is 1.33 bits per heavy atom. The Hall–Kier alpha value is -1.03. The third-order valence-electron chi connectivity index (χ3n) is 5.48. The average molecular weight is 399 g/mol. The van der Waals surface area contributed by atoms with Crippen LogP contribution in [0.1, 0.15) is 18.4 Å². The van der Waals surface area contributed by atoms with E-state index in [9.17, 15) is 13.5 Å². The van der Waals surface area contributed by atoms with Gasteiger partial charge in [-0.25, -0.2) is 8.42 Å². The molecular weight excluding hydrogens is 368 g/mol. The molecule has 2 saturated heterocycles.